The molecule has 1 aliphatic carbocycles. The smallest absolute Gasteiger partial charge is 0.222 e. The molecule has 0 aliphatic heterocycles. The quantitative estimate of drug-likeness (QED) is 0.683. The molecule has 1 aromatic heterocycles. The maximum atomic E-state index is 6.78. The third-order valence-corrected chi connectivity index (χ3v) is 10.2. The SMILES string of the molecule is CC(C)(C)[Si](C)(C)OC(c1ncco1)C1CCc2ccccc2C1. The summed E-state index contributed by atoms with van der Waals surface area (Å²) in [5.74, 6) is 1.16. The van der Waals surface area contributed by atoms with Crippen molar-refractivity contribution in [3.8, 4) is 0 Å². The Morgan fingerprint density at radius 1 is 1.21 bits per heavy atom. The van der Waals surface area contributed by atoms with Gasteiger partial charge in [0.05, 0.1) is 6.20 Å². The van der Waals surface area contributed by atoms with E-state index >= 15 is 0 Å². The molecule has 2 atom stereocenters. The summed E-state index contributed by atoms with van der Waals surface area (Å²) in [5, 5.41) is 0.171. The van der Waals surface area contributed by atoms with Gasteiger partial charge in [-0.05, 0) is 54.4 Å². The first-order valence-corrected chi connectivity index (χ1v) is 11.8. The molecule has 0 saturated carbocycles. The van der Waals surface area contributed by atoms with Crippen LogP contribution in [-0.2, 0) is 17.3 Å². The molecule has 1 heterocycles. The lowest BCUT2D eigenvalue weighted by Crippen LogP contribution is -2.43. The molecule has 1 aromatic carbocycles. The summed E-state index contributed by atoms with van der Waals surface area (Å²) in [6.45, 7) is 11.4. The van der Waals surface area contributed by atoms with Crippen LogP contribution in [0.25, 0.3) is 0 Å². The molecule has 0 N–H and O–H groups in total. The van der Waals surface area contributed by atoms with Gasteiger partial charge in [0.2, 0.25) is 5.89 Å². The Morgan fingerprint density at radius 3 is 2.54 bits per heavy atom. The van der Waals surface area contributed by atoms with Gasteiger partial charge in [-0.3, -0.25) is 0 Å². The first-order chi connectivity index (χ1) is 11.3. The number of nitrogens with zero attached hydrogens (tertiary/aromatic N) is 1. The van der Waals surface area contributed by atoms with E-state index in [1.165, 1.54) is 11.1 Å². The maximum absolute atomic E-state index is 6.78. The topological polar surface area (TPSA) is 35.3 Å². The van der Waals surface area contributed by atoms with Crippen molar-refractivity contribution in [2.75, 3.05) is 0 Å². The third kappa shape index (κ3) is 3.50. The molecule has 0 spiro atoms. The van der Waals surface area contributed by atoms with Gasteiger partial charge in [-0.25, -0.2) is 4.98 Å². The lowest BCUT2D eigenvalue weighted by molar-refractivity contribution is 0.0826. The van der Waals surface area contributed by atoms with Crippen molar-refractivity contribution in [1.29, 1.82) is 0 Å². The molecular weight excluding hydrogens is 314 g/mol. The first kappa shape index (κ1) is 17.4. The van der Waals surface area contributed by atoms with Crippen molar-refractivity contribution in [1.82, 2.24) is 4.98 Å². The molecule has 2 unspecified atom stereocenters. The highest BCUT2D eigenvalue weighted by atomic mass is 28.4. The molecule has 1 aliphatic rings. The summed E-state index contributed by atoms with van der Waals surface area (Å²) < 4.78 is 12.5. The fourth-order valence-corrected chi connectivity index (χ4v) is 4.48. The Bertz CT molecular complexity index is 673. The Hall–Kier alpha value is -1.39. The first-order valence-electron chi connectivity index (χ1n) is 8.92. The Kier molecular flexibility index (Phi) is 4.71. The molecule has 0 amide bonds. The number of rotatable bonds is 4. The standard InChI is InChI=1S/C20H29NO2Si/c1-20(2,3)24(4,5)23-18(19-21-12-13-22-19)17-11-10-15-8-6-7-9-16(15)14-17/h6-9,12-13,17-18H,10-11,14H2,1-5H3. The zero-order valence-electron chi connectivity index (χ0n) is 15.5. The van der Waals surface area contributed by atoms with Gasteiger partial charge in [0.15, 0.2) is 8.32 Å². The molecule has 3 rings (SSSR count). The molecule has 24 heavy (non-hydrogen) atoms. The molecule has 0 saturated heterocycles. The van der Waals surface area contributed by atoms with Gasteiger partial charge in [-0.15, -0.1) is 0 Å². The lowest BCUT2D eigenvalue weighted by Gasteiger charge is -2.41. The number of hydrogen-bond donors (Lipinski definition) is 0. The van der Waals surface area contributed by atoms with Crippen LogP contribution >= 0.6 is 0 Å². The van der Waals surface area contributed by atoms with Crippen LogP contribution in [0.1, 0.15) is 50.3 Å². The van der Waals surface area contributed by atoms with Crippen LogP contribution in [0, 0.1) is 5.92 Å². The highest BCUT2D eigenvalue weighted by Crippen LogP contribution is 2.43. The fourth-order valence-electron chi connectivity index (χ4n) is 3.20. The monoisotopic (exact) mass is 343 g/mol. The van der Waals surface area contributed by atoms with Gasteiger partial charge in [0, 0.05) is 0 Å². The summed E-state index contributed by atoms with van der Waals surface area (Å²) in [4.78, 5) is 4.44. The number of aromatic nitrogens is 1. The zero-order valence-corrected chi connectivity index (χ0v) is 16.5. The summed E-state index contributed by atoms with van der Waals surface area (Å²) in [6.07, 6.45) is 6.62. The summed E-state index contributed by atoms with van der Waals surface area (Å²) in [6, 6.07) is 8.77. The Morgan fingerprint density at radius 2 is 1.92 bits per heavy atom. The van der Waals surface area contributed by atoms with Gasteiger partial charge in [-0.2, -0.15) is 0 Å². The average molecular weight is 344 g/mol. The minimum Gasteiger partial charge on any atom is -0.446 e. The van der Waals surface area contributed by atoms with E-state index in [2.05, 4.69) is 63.1 Å². The van der Waals surface area contributed by atoms with Crippen molar-refractivity contribution in [2.24, 2.45) is 5.92 Å². The van der Waals surface area contributed by atoms with E-state index < -0.39 is 8.32 Å². The Labute approximate surface area is 146 Å². The molecule has 4 heteroatoms. The second-order valence-corrected chi connectivity index (χ2v) is 13.2. The van der Waals surface area contributed by atoms with Crippen molar-refractivity contribution in [3.05, 3.63) is 53.7 Å². The van der Waals surface area contributed by atoms with Crippen molar-refractivity contribution in [2.45, 2.75) is 64.3 Å². The second-order valence-electron chi connectivity index (χ2n) is 8.44. The number of oxazole rings is 1. The minimum atomic E-state index is -1.90. The summed E-state index contributed by atoms with van der Waals surface area (Å²) in [5.41, 5.74) is 2.93. The van der Waals surface area contributed by atoms with E-state index in [-0.39, 0.29) is 11.1 Å². The molecule has 0 radical (unpaired) electrons. The van der Waals surface area contributed by atoms with E-state index in [0.717, 1.165) is 25.2 Å². The largest absolute Gasteiger partial charge is 0.446 e. The molecule has 130 valence electrons. The average Bonchev–Trinajstić information content (AvgIpc) is 3.05. The van der Waals surface area contributed by atoms with Crippen LogP contribution in [0.5, 0.6) is 0 Å². The van der Waals surface area contributed by atoms with E-state index in [1.807, 2.05) is 0 Å². The number of benzene rings is 1. The fraction of sp³-hybridized carbons (Fsp3) is 0.550. The normalized spacial score (nSPS) is 19.8. The van der Waals surface area contributed by atoms with Crippen LogP contribution in [0.3, 0.4) is 0 Å². The van der Waals surface area contributed by atoms with E-state index in [9.17, 15) is 0 Å². The van der Waals surface area contributed by atoms with Crippen molar-refractivity contribution in [3.63, 3.8) is 0 Å². The number of aryl methyl sites for hydroxylation is 1. The van der Waals surface area contributed by atoms with E-state index in [1.54, 1.807) is 12.5 Å². The lowest BCUT2D eigenvalue weighted by atomic mass is 9.81. The van der Waals surface area contributed by atoms with Gasteiger partial charge in [-0.1, -0.05) is 45.0 Å². The number of hydrogen-bond acceptors (Lipinski definition) is 3. The van der Waals surface area contributed by atoms with Crippen LogP contribution in [-0.4, -0.2) is 13.3 Å². The highest BCUT2D eigenvalue weighted by Gasteiger charge is 2.42. The van der Waals surface area contributed by atoms with Crippen molar-refractivity contribution >= 4 is 8.32 Å². The molecule has 0 bridgehead atoms. The van der Waals surface area contributed by atoms with Crippen LogP contribution in [0.4, 0.5) is 0 Å². The van der Waals surface area contributed by atoms with E-state index in [4.69, 9.17) is 8.84 Å². The predicted molar refractivity (Wildman–Crippen MR) is 99.5 cm³/mol. The maximum Gasteiger partial charge on any atom is 0.222 e. The summed E-state index contributed by atoms with van der Waals surface area (Å²) in [7, 11) is -1.90. The Balaban J connectivity index is 1.87. The van der Waals surface area contributed by atoms with Crippen LogP contribution in [0.15, 0.2) is 41.1 Å². The molecule has 3 nitrogen and oxygen atoms in total. The van der Waals surface area contributed by atoms with Gasteiger partial charge in [0.1, 0.15) is 12.4 Å². The molecule has 2 aromatic rings. The predicted octanol–water partition coefficient (Wildman–Crippen LogP) is 5.54. The number of fused-ring (bicyclic) bond motifs is 1. The zero-order chi connectivity index (χ0) is 17.4. The third-order valence-electron chi connectivity index (χ3n) is 5.74. The van der Waals surface area contributed by atoms with E-state index in [0.29, 0.717) is 5.92 Å². The van der Waals surface area contributed by atoms with Gasteiger partial charge in [0.25, 0.3) is 0 Å². The highest BCUT2D eigenvalue weighted by molar-refractivity contribution is 6.74. The van der Waals surface area contributed by atoms with Crippen LogP contribution < -0.4 is 0 Å². The van der Waals surface area contributed by atoms with Gasteiger partial charge < -0.3 is 8.84 Å². The van der Waals surface area contributed by atoms with Crippen molar-refractivity contribution < 1.29 is 8.84 Å². The second kappa shape index (κ2) is 6.49. The molecule has 0 fully saturated rings. The summed E-state index contributed by atoms with van der Waals surface area (Å²) >= 11 is 0. The van der Waals surface area contributed by atoms with Gasteiger partial charge >= 0.3 is 0 Å². The minimum absolute atomic E-state index is 0.0470. The molecular formula is C20H29NO2Si. The van der Waals surface area contributed by atoms with Crippen LogP contribution in [0.2, 0.25) is 18.1 Å².